The molecule has 2 aromatic rings. The van der Waals surface area contributed by atoms with Crippen molar-refractivity contribution >= 4 is 6.09 Å². The van der Waals surface area contributed by atoms with Gasteiger partial charge in [-0.3, -0.25) is 0 Å². The summed E-state index contributed by atoms with van der Waals surface area (Å²) in [7, 11) is 0. The third-order valence-corrected chi connectivity index (χ3v) is 4.79. The van der Waals surface area contributed by atoms with E-state index < -0.39 is 5.60 Å². The average Bonchev–Trinajstić information content (AvgIpc) is 2.92. The molecule has 0 aliphatic carbocycles. The fraction of sp³-hybridized carbons (Fsp3) is 0.524. The molecule has 0 bridgehead atoms. The Kier molecular flexibility index (Phi) is 5.08. The van der Waals surface area contributed by atoms with E-state index in [0.717, 1.165) is 48.6 Å². The second-order valence-electron chi connectivity index (χ2n) is 8.09. The molecule has 1 aliphatic rings. The van der Waals surface area contributed by atoms with Crippen LogP contribution >= 0.6 is 0 Å². The maximum absolute atomic E-state index is 12.6. The summed E-state index contributed by atoms with van der Waals surface area (Å²) < 4.78 is 7.74. The van der Waals surface area contributed by atoms with E-state index in [9.17, 15) is 4.79 Å². The fourth-order valence-corrected chi connectivity index (χ4v) is 3.57. The Morgan fingerprint density at radius 2 is 1.81 bits per heavy atom. The highest BCUT2D eigenvalue weighted by atomic mass is 16.6. The summed E-state index contributed by atoms with van der Waals surface area (Å²) in [5.74, 6) is 0.911. The van der Waals surface area contributed by atoms with Gasteiger partial charge >= 0.3 is 6.09 Å². The number of amides is 1. The highest BCUT2D eigenvalue weighted by Gasteiger charge is 2.31. The Bertz CT molecular complexity index is 752. The maximum Gasteiger partial charge on any atom is 0.410 e. The number of aromatic nitrogens is 2. The summed E-state index contributed by atoms with van der Waals surface area (Å²) in [5.41, 5.74) is 2.92. The van der Waals surface area contributed by atoms with E-state index in [1.54, 1.807) is 0 Å². The molecule has 1 aliphatic heterocycles. The lowest BCUT2D eigenvalue weighted by atomic mass is 9.97. The smallest absolute Gasteiger partial charge is 0.410 e. The summed E-state index contributed by atoms with van der Waals surface area (Å²) in [6.45, 7) is 10.6. The van der Waals surface area contributed by atoms with Gasteiger partial charge in [0.1, 0.15) is 11.4 Å². The van der Waals surface area contributed by atoms with Crippen LogP contribution in [-0.2, 0) is 4.74 Å². The monoisotopic (exact) mass is 355 g/mol. The first-order valence-electron chi connectivity index (χ1n) is 9.37. The first kappa shape index (κ1) is 18.5. The third-order valence-electron chi connectivity index (χ3n) is 4.79. The van der Waals surface area contributed by atoms with E-state index in [0.29, 0.717) is 0 Å². The van der Waals surface area contributed by atoms with E-state index in [1.807, 2.05) is 37.9 Å². The second kappa shape index (κ2) is 7.14. The molecule has 3 rings (SSSR count). The number of pyridine rings is 1. The Hall–Kier alpha value is -2.30. The summed E-state index contributed by atoms with van der Waals surface area (Å²) in [4.78, 5) is 19.1. The SMILES string of the molecule is Cc1ccc(C)n1-c1ccc([C@@H]2CCCCN2C(=O)OC(C)(C)C)cn1. The molecular weight excluding hydrogens is 326 g/mol. The largest absolute Gasteiger partial charge is 0.444 e. The van der Waals surface area contributed by atoms with E-state index in [1.165, 1.54) is 0 Å². The number of nitrogens with zero attached hydrogens (tertiary/aromatic N) is 3. The predicted octanol–water partition coefficient (Wildman–Crippen LogP) is 4.95. The maximum atomic E-state index is 12.6. The van der Waals surface area contributed by atoms with Crippen LogP contribution in [-0.4, -0.2) is 32.7 Å². The molecule has 0 radical (unpaired) electrons. The zero-order valence-electron chi connectivity index (χ0n) is 16.5. The number of piperidine rings is 1. The first-order valence-corrected chi connectivity index (χ1v) is 9.37. The van der Waals surface area contributed by atoms with Crippen LogP contribution in [0.1, 0.15) is 63.0 Å². The molecule has 1 atom stereocenters. The molecule has 3 heterocycles. The molecule has 0 N–H and O–H groups in total. The van der Waals surface area contributed by atoms with Crippen molar-refractivity contribution in [3.05, 3.63) is 47.4 Å². The molecule has 1 saturated heterocycles. The third kappa shape index (κ3) is 3.92. The number of likely N-dealkylation sites (tertiary alicyclic amines) is 1. The van der Waals surface area contributed by atoms with Crippen molar-refractivity contribution in [3.8, 4) is 5.82 Å². The van der Waals surface area contributed by atoms with Crippen LogP contribution in [0.3, 0.4) is 0 Å². The fourth-order valence-electron chi connectivity index (χ4n) is 3.57. The molecule has 1 amide bonds. The van der Waals surface area contributed by atoms with Gasteiger partial charge in [-0.1, -0.05) is 6.07 Å². The highest BCUT2D eigenvalue weighted by molar-refractivity contribution is 5.69. The van der Waals surface area contributed by atoms with Gasteiger partial charge in [-0.05, 0) is 77.6 Å². The normalized spacial score (nSPS) is 18.0. The lowest BCUT2D eigenvalue weighted by molar-refractivity contribution is 0.00948. The lowest BCUT2D eigenvalue weighted by Crippen LogP contribution is -2.41. The van der Waals surface area contributed by atoms with Gasteiger partial charge in [0.25, 0.3) is 0 Å². The molecular formula is C21H29N3O2. The van der Waals surface area contributed by atoms with E-state index >= 15 is 0 Å². The van der Waals surface area contributed by atoms with Crippen LogP contribution < -0.4 is 0 Å². The number of carbonyl (C=O) groups excluding carboxylic acids is 1. The summed E-state index contributed by atoms with van der Waals surface area (Å²) in [6.07, 6.45) is 4.75. The molecule has 5 heteroatoms. The topological polar surface area (TPSA) is 47.4 Å². The quantitative estimate of drug-likeness (QED) is 0.765. The van der Waals surface area contributed by atoms with E-state index in [-0.39, 0.29) is 12.1 Å². The molecule has 0 saturated carbocycles. The van der Waals surface area contributed by atoms with Gasteiger partial charge in [0.05, 0.1) is 6.04 Å². The van der Waals surface area contributed by atoms with Crippen molar-refractivity contribution in [2.24, 2.45) is 0 Å². The lowest BCUT2D eigenvalue weighted by Gasteiger charge is -2.36. The predicted molar refractivity (Wildman–Crippen MR) is 103 cm³/mol. The number of hydrogen-bond acceptors (Lipinski definition) is 3. The minimum Gasteiger partial charge on any atom is -0.444 e. The minimum absolute atomic E-state index is 0.0343. The van der Waals surface area contributed by atoms with Crippen LogP contribution in [0.25, 0.3) is 5.82 Å². The van der Waals surface area contributed by atoms with Crippen molar-refractivity contribution in [1.29, 1.82) is 0 Å². The summed E-state index contributed by atoms with van der Waals surface area (Å²) in [5, 5.41) is 0. The van der Waals surface area contributed by atoms with Crippen molar-refractivity contribution < 1.29 is 9.53 Å². The molecule has 0 aromatic carbocycles. The molecule has 1 fully saturated rings. The van der Waals surface area contributed by atoms with Gasteiger partial charge in [0.2, 0.25) is 0 Å². The molecule has 0 unspecified atom stereocenters. The van der Waals surface area contributed by atoms with Gasteiger partial charge in [0.15, 0.2) is 0 Å². The van der Waals surface area contributed by atoms with Crippen LogP contribution in [0.2, 0.25) is 0 Å². The first-order chi connectivity index (χ1) is 12.3. The summed E-state index contributed by atoms with van der Waals surface area (Å²) in [6, 6.07) is 8.35. The Labute approximate surface area is 156 Å². The Morgan fingerprint density at radius 3 is 2.38 bits per heavy atom. The number of carbonyl (C=O) groups is 1. The van der Waals surface area contributed by atoms with Gasteiger partial charge in [-0.2, -0.15) is 0 Å². The molecule has 0 spiro atoms. The zero-order chi connectivity index (χ0) is 18.9. The van der Waals surface area contributed by atoms with Crippen LogP contribution in [0.5, 0.6) is 0 Å². The number of aryl methyl sites for hydroxylation is 2. The Balaban J connectivity index is 1.83. The number of hydrogen-bond donors (Lipinski definition) is 0. The van der Waals surface area contributed by atoms with Gasteiger partial charge in [-0.15, -0.1) is 0 Å². The van der Waals surface area contributed by atoms with Crippen molar-refractivity contribution in [3.63, 3.8) is 0 Å². The van der Waals surface area contributed by atoms with Crippen molar-refractivity contribution in [2.45, 2.75) is 65.5 Å². The van der Waals surface area contributed by atoms with E-state index in [2.05, 4.69) is 41.6 Å². The second-order valence-corrected chi connectivity index (χ2v) is 8.09. The molecule has 5 nitrogen and oxygen atoms in total. The standard InChI is InChI=1S/C21H29N3O2/c1-15-9-10-16(2)24(15)19-12-11-17(14-22-19)18-8-6-7-13-23(18)20(25)26-21(3,4)5/h9-12,14,18H,6-8,13H2,1-5H3/t18-/m0/s1. The number of ether oxygens (including phenoxy) is 1. The minimum atomic E-state index is -0.481. The molecule has 140 valence electrons. The van der Waals surface area contributed by atoms with Crippen molar-refractivity contribution in [1.82, 2.24) is 14.5 Å². The van der Waals surface area contributed by atoms with Crippen LogP contribution in [0, 0.1) is 13.8 Å². The van der Waals surface area contributed by atoms with Crippen LogP contribution in [0.15, 0.2) is 30.5 Å². The van der Waals surface area contributed by atoms with Crippen LogP contribution in [0.4, 0.5) is 4.79 Å². The van der Waals surface area contributed by atoms with Crippen molar-refractivity contribution in [2.75, 3.05) is 6.54 Å². The Morgan fingerprint density at radius 1 is 1.12 bits per heavy atom. The zero-order valence-corrected chi connectivity index (χ0v) is 16.5. The molecule has 2 aromatic heterocycles. The summed E-state index contributed by atoms with van der Waals surface area (Å²) >= 11 is 0. The van der Waals surface area contributed by atoms with Gasteiger partial charge in [0, 0.05) is 24.1 Å². The molecule has 26 heavy (non-hydrogen) atoms. The average molecular weight is 355 g/mol. The highest BCUT2D eigenvalue weighted by Crippen LogP contribution is 2.32. The van der Waals surface area contributed by atoms with Gasteiger partial charge in [-0.25, -0.2) is 9.78 Å². The van der Waals surface area contributed by atoms with E-state index in [4.69, 9.17) is 4.74 Å². The number of rotatable bonds is 2. The van der Waals surface area contributed by atoms with Gasteiger partial charge < -0.3 is 14.2 Å².